The number of unbranched alkanes of at least 4 members (excludes halogenated alkanes) is 4. The van der Waals surface area contributed by atoms with E-state index in [1.165, 1.54) is 0 Å². The summed E-state index contributed by atoms with van der Waals surface area (Å²) >= 11 is 0. The molecule has 0 heterocycles. The molecule has 0 rings (SSSR count). The minimum Gasteiger partial charge on any atom is -0.380 e. The smallest absolute Gasteiger partial charge is 0.380 e. The van der Waals surface area contributed by atoms with Gasteiger partial charge in [-0.05, 0) is 12.8 Å². The summed E-state index contributed by atoms with van der Waals surface area (Å²) < 4.78 is 38.1. The van der Waals surface area contributed by atoms with Crippen LogP contribution in [0.2, 0.25) is 0 Å². The molecule has 0 aliphatic carbocycles. The van der Waals surface area contributed by atoms with Crippen molar-refractivity contribution in [3.8, 4) is 0 Å². The maximum Gasteiger partial charge on any atom is 0.417 e. The van der Waals surface area contributed by atoms with Gasteiger partial charge in [0.1, 0.15) is 0 Å². The van der Waals surface area contributed by atoms with Crippen molar-refractivity contribution >= 4 is 0 Å². The average Bonchev–Trinajstić information content (AvgIpc) is 2.17. The van der Waals surface area contributed by atoms with Gasteiger partial charge in [0.05, 0.1) is 0 Å². The summed E-state index contributed by atoms with van der Waals surface area (Å²) in [6.07, 6.45) is -0.710. The molecule has 4 heteroatoms. The molecule has 0 spiro atoms. The second kappa shape index (κ2) is 7.15. The van der Waals surface area contributed by atoms with E-state index in [0.29, 0.717) is 12.8 Å². The molecule has 0 aromatic rings. The zero-order valence-electron chi connectivity index (χ0n) is 10.2. The molecule has 1 nitrogen and oxygen atoms in total. The summed E-state index contributed by atoms with van der Waals surface area (Å²) in [6, 6.07) is 0. The molecule has 16 heavy (non-hydrogen) atoms. The lowest BCUT2D eigenvalue weighted by Crippen LogP contribution is -2.45. The first-order valence-corrected chi connectivity index (χ1v) is 6.16. The molecule has 0 saturated carbocycles. The molecule has 1 N–H and O–H groups in total. The summed E-state index contributed by atoms with van der Waals surface area (Å²) in [5.74, 6) is 0. The van der Waals surface area contributed by atoms with Crippen LogP contribution < -0.4 is 0 Å². The summed E-state index contributed by atoms with van der Waals surface area (Å²) in [5, 5.41) is 9.68. The Bertz CT molecular complexity index is 168. The number of halogens is 3. The van der Waals surface area contributed by atoms with Crippen LogP contribution >= 0.6 is 0 Å². The lowest BCUT2D eigenvalue weighted by atomic mass is 9.89. The van der Waals surface area contributed by atoms with Gasteiger partial charge in [0.25, 0.3) is 0 Å². The van der Waals surface area contributed by atoms with Gasteiger partial charge in [0, 0.05) is 0 Å². The Morgan fingerprint density at radius 2 is 1.19 bits per heavy atom. The molecular formula is C12H23F3O. The Morgan fingerprint density at radius 3 is 1.44 bits per heavy atom. The van der Waals surface area contributed by atoms with Gasteiger partial charge in [0.2, 0.25) is 0 Å². The molecule has 0 bridgehead atoms. The normalized spacial score (nSPS) is 13.1. The molecule has 0 unspecified atom stereocenters. The maximum absolute atomic E-state index is 12.7. The fraction of sp³-hybridized carbons (Fsp3) is 1.00. The van der Waals surface area contributed by atoms with Crippen LogP contribution in [0.3, 0.4) is 0 Å². The molecule has 0 amide bonds. The third kappa shape index (κ3) is 5.19. The van der Waals surface area contributed by atoms with Gasteiger partial charge in [-0.3, -0.25) is 0 Å². The van der Waals surface area contributed by atoms with Gasteiger partial charge < -0.3 is 5.11 Å². The first-order chi connectivity index (χ1) is 7.37. The van der Waals surface area contributed by atoms with Crippen molar-refractivity contribution in [2.24, 2.45) is 0 Å². The quantitative estimate of drug-likeness (QED) is 0.622. The first kappa shape index (κ1) is 15.8. The molecule has 0 aliphatic rings. The minimum atomic E-state index is -4.49. The van der Waals surface area contributed by atoms with Crippen molar-refractivity contribution < 1.29 is 18.3 Å². The lowest BCUT2D eigenvalue weighted by Gasteiger charge is -2.30. The van der Waals surface area contributed by atoms with Crippen LogP contribution in [0.1, 0.15) is 65.2 Å². The highest BCUT2D eigenvalue weighted by Crippen LogP contribution is 2.38. The highest BCUT2D eigenvalue weighted by molar-refractivity contribution is 4.86. The van der Waals surface area contributed by atoms with Crippen LogP contribution in [0.4, 0.5) is 13.2 Å². The van der Waals surface area contributed by atoms with Crippen LogP contribution in [0.25, 0.3) is 0 Å². The molecule has 0 radical (unpaired) electrons. The monoisotopic (exact) mass is 240 g/mol. The van der Waals surface area contributed by atoms with E-state index >= 15 is 0 Å². The zero-order valence-corrected chi connectivity index (χ0v) is 10.2. The van der Waals surface area contributed by atoms with E-state index in [-0.39, 0.29) is 12.8 Å². The van der Waals surface area contributed by atoms with E-state index in [1.807, 2.05) is 13.8 Å². The molecule has 0 saturated heterocycles. The summed E-state index contributed by atoms with van der Waals surface area (Å²) in [6.45, 7) is 3.87. The number of rotatable bonds is 8. The molecule has 0 aromatic carbocycles. The van der Waals surface area contributed by atoms with E-state index in [1.54, 1.807) is 0 Å². The minimum absolute atomic E-state index is 0.159. The van der Waals surface area contributed by atoms with Crippen LogP contribution in [0.15, 0.2) is 0 Å². The summed E-state index contributed by atoms with van der Waals surface area (Å²) in [5.41, 5.74) is -2.46. The van der Waals surface area contributed by atoms with E-state index in [9.17, 15) is 18.3 Å². The second-order valence-electron chi connectivity index (χ2n) is 4.44. The fourth-order valence-electron chi connectivity index (χ4n) is 1.74. The van der Waals surface area contributed by atoms with Gasteiger partial charge in [-0.2, -0.15) is 13.2 Å². The van der Waals surface area contributed by atoms with Gasteiger partial charge in [-0.1, -0.05) is 52.4 Å². The fourth-order valence-corrected chi connectivity index (χ4v) is 1.74. The number of hydrogen-bond donors (Lipinski definition) is 1. The number of alkyl halides is 3. The van der Waals surface area contributed by atoms with Crippen molar-refractivity contribution in [1.82, 2.24) is 0 Å². The standard InChI is InChI=1S/C12H23F3O/c1-3-5-7-9-11(16,12(13,14)15)10-8-6-4-2/h16H,3-10H2,1-2H3. The van der Waals surface area contributed by atoms with Crippen molar-refractivity contribution in [3.63, 3.8) is 0 Å². The number of hydrogen-bond acceptors (Lipinski definition) is 1. The number of aliphatic hydroxyl groups is 1. The van der Waals surface area contributed by atoms with Gasteiger partial charge in [-0.15, -0.1) is 0 Å². The predicted molar refractivity (Wildman–Crippen MR) is 59.3 cm³/mol. The van der Waals surface area contributed by atoms with Crippen LogP contribution in [0, 0.1) is 0 Å². The molecule has 0 atom stereocenters. The first-order valence-electron chi connectivity index (χ1n) is 6.16. The largest absolute Gasteiger partial charge is 0.417 e. The van der Waals surface area contributed by atoms with Gasteiger partial charge in [-0.25, -0.2) is 0 Å². The highest BCUT2D eigenvalue weighted by Gasteiger charge is 2.52. The SMILES string of the molecule is CCCCCC(O)(CCCCC)C(F)(F)F. The summed E-state index contributed by atoms with van der Waals surface area (Å²) in [7, 11) is 0. The predicted octanol–water partition coefficient (Wildman–Crippen LogP) is 4.44. The lowest BCUT2D eigenvalue weighted by molar-refractivity contribution is -0.265. The Balaban J connectivity index is 4.26. The van der Waals surface area contributed by atoms with Crippen LogP contribution in [-0.2, 0) is 0 Å². The van der Waals surface area contributed by atoms with E-state index < -0.39 is 11.8 Å². The average molecular weight is 240 g/mol. The van der Waals surface area contributed by atoms with Crippen molar-refractivity contribution in [2.45, 2.75) is 77.0 Å². The van der Waals surface area contributed by atoms with Gasteiger partial charge in [0.15, 0.2) is 5.60 Å². The van der Waals surface area contributed by atoms with Crippen LogP contribution in [0.5, 0.6) is 0 Å². The Hall–Kier alpha value is -0.250. The van der Waals surface area contributed by atoms with Crippen LogP contribution in [-0.4, -0.2) is 16.9 Å². The Morgan fingerprint density at radius 1 is 0.812 bits per heavy atom. The second-order valence-corrected chi connectivity index (χ2v) is 4.44. The van der Waals surface area contributed by atoms with Crippen molar-refractivity contribution in [3.05, 3.63) is 0 Å². The Kier molecular flexibility index (Phi) is 7.04. The molecule has 0 aliphatic heterocycles. The van der Waals surface area contributed by atoms with E-state index in [0.717, 1.165) is 25.7 Å². The molecule has 98 valence electrons. The van der Waals surface area contributed by atoms with E-state index in [4.69, 9.17) is 0 Å². The van der Waals surface area contributed by atoms with Crippen molar-refractivity contribution in [2.75, 3.05) is 0 Å². The summed E-state index contributed by atoms with van der Waals surface area (Å²) in [4.78, 5) is 0. The molecule has 0 fully saturated rings. The molecule has 0 aromatic heterocycles. The van der Waals surface area contributed by atoms with E-state index in [2.05, 4.69) is 0 Å². The zero-order chi connectivity index (χ0) is 12.7. The third-order valence-electron chi connectivity index (χ3n) is 2.92. The Labute approximate surface area is 96.0 Å². The highest BCUT2D eigenvalue weighted by atomic mass is 19.4. The topological polar surface area (TPSA) is 20.2 Å². The van der Waals surface area contributed by atoms with Gasteiger partial charge >= 0.3 is 6.18 Å². The van der Waals surface area contributed by atoms with Crippen molar-refractivity contribution in [1.29, 1.82) is 0 Å². The third-order valence-corrected chi connectivity index (χ3v) is 2.92. The molecular weight excluding hydrogens is 217 g/mol. The maximum atomic E-state index is 12.7.